The maximum Gasteiger partial charge on any atom is 0.418 e. The van der Waals surface area contributed by atoms with Gasteiger partial charge in [-0.05, 0) is 56.6 Å². The number of nitrogens with zero attached hydrogens (tertiary/aromatic N) is 6. The molecule has 2 aromatic heterocycles. The number of β-lactam (4-membered cyclic amide) rings is 1. The number of aliphatic carboxylic acids is 1. The summed E-state index contributed by atoms with van der Waals surface area (Å²) in [5.41, 5.74) is 17.8. The number of thiazole rings is 1. The number of ether oxygens (including phenoxy) is 1. The topological polar surface area (TPSA) is 282 Å². The summed E-state index contributed by atoms with van der Waals surface area (Å²) < 4.78 is 45.2. The smallest absolute Gasteiger partial charge is 0.418 e. The van der Waals surface area contributed by atoms with Crippen molar-refractivity contribution >= 4 is 50.2 Å². The molecule has 2 unspecified atom stereocenters. The zero-order valence-corrected chi connectivity index (χ0v) is 29.1. The molecule has 8 N–H and O–H groups in total. The normalized spacial score (nSPS) is 17.0. The molecule has 0 radical (unpaired) electrons. The van der Waals surface area contributed by atoms with Crippen LogP contribution in [0.3, 0.4) is 0 Å². The number of carboxylic acids is 1. The molecule has 272 valence electrons. The molecule has 0 bridgehead atoms. The molecule has 50 heavy (non-hydrogen) atoms. The number of imidazole rings is 1. The van der Waals surface area contributed by atoms with Crippen molar-refractivity contribution in [2.75, 3.05) is 32.0 Å². The number of nitrogens with two attached hydrogens (primary N) is 3. The van der Waals surface area contributed by atoms with E-state index < -0.39 is 64.4 Å². The van der Waals surface area contributed by atoms with Crippen molar-refractivity contribution in [3.05, 3.63) is 47.2 Å². The Kier molecular flexibility index (Phi) is 12.1. The van der Waals surface area contributed by atoms with E-state index in [1.807, 2.05) is 22.4 Å². The van der Waals surface area contributed by atoms with Crippen LogP contribution in [0.4, 0.5) is 5.13 Å². The summed E-state index contributed by atoms with van der Waals surface area (Å²) in [6.45, 7) is 4.42. The van der Waals surface area contributed by atoms with Gasteiger partial charge in [-0.2, -0.15) is 13.5 Å². The summed E-state index contributed by atoms with van der Waals surface area (Å²) in [6, 6.07) is 6.91. The van der Waals surface area contributed by atoms with Crippen LogP contribution in [0, 0.1) is 5.92 Å². The van der Waals surface area contributed by atoms with E-state index in [1.54, 1.807) is 24.3 Å². The summed E-state index contributed by atoms with van der Waals surface area (Å²) in [4.78, 5) is 51.9. The molecule has 1 amide bonds. The van der Waals surface area contributed by atoms with Gasteiger partial charge in [-0.1, -0.05) is 5.16 Å². The van der Waals surface area contributed by atoms with Crippen LogP contribution >= 0.6 is 11.3 Å². The highest BCUT2D eigenvalue weighted by Crippen LogP contribution is 2.40. The number of aryl methyl sites for hydroxylation is 1. The number of carbonyl (C=O) groups is 3. The molecule has 3 aromatic rings. The number of carbonyl (C=O) groups excluding carboxylic acids is 2. The molecule has 0 spiro atoms. The first kappa shape index (κ1) is 38.1. The second kappa shape index (κ2) is 15.9. The number of benzene rings is 1. The summed E-state index contributed by atoms with van der Waals surface area (Å²) in [6.07, 6.45) is 0.555. The number of amides is 1. The van der Waals surface area contributed by atoms with Gasteiger partial charge in [0.2, 0.25) is 5.62 Å². The lowest BCUT2D eigenvalue weighted by molar-refractivity contribution is -0.228. The predicted octanol–water partition coefficient (Wildman–Crippen LogP) is -0.0760. The average Bonchev–Trinajstić information content (AvgIpc) is 3.63. The van der Waals surface area contributed by atoms with E-state index in [-0.39, 0.29) is 10.8 Å². The fourth-order valence-corrected chi connectivity index (χ4v) is 6.09. The first-order chi connectivity index (χ1) is 23.6. The third-order valence-corrected chi connectivity index (χ3v) is 8.75. The zero-order chi connectivity index (χ0) is 36.8. The molecule has 1 aliphatic rings. The number of aromatic nitrogens is 3. The number of oxime groups is 1. The van der Waals surface area contributed by atoms with Crippen LogP contribution in [0.25, 0.3) is 11.3 Å². The van der Waals surface area contributed by atoms with Crippen LogP contribution in [0.5, 0.6) is 5.75 Å². The van der Waals surface area contributed by atoms with Gasteiger partial charge in [0.1, 0.15) is 18.1 Å². The number of Topliss-reactive ketones (excluding diaryl/α,β-unsaturated/α-hetero) is 1. The van der Waals surface area contributed by atoms with Crippen LogP contribution in [0.1, 0.15) is 32.4 Å². The van der Waals surface area contributed by atoms with Gasteiger partial charge in [0.25, 0.3) is 12.0 Å². The van der Waals surface area contributed by atoms with Gasteiger partial charge in [0.15, 0.2) is 16.6 Å². The third-order valence-electron chi connectivity index (χ3n) is 7.74. The van der Waals surface area contributed by atoms with E-state index in [2.05, 4.69) is 19.4 Å². The maximum absolute atomic E-state index is 13.4. The molecule has 1 aromatic carbocycles. The highest BCUT2D eigenvalue weighted by atomic mass is 32.3. The van der Waals surface area contributed by atoms with Crippen molar-refractivity contribution in [2.24, 2.45) is 34.6 Å². The summed E-state index contributed by atoms with van der Waals surface area (Å²) in [5, 5.41) is 15.5. The Morgan fingerprint density at radius 3 is 2.44 bits per heavy atom. The number of rotatable bonds is 18. The number of hydrogen-bond donors (Lipinski definition) is 5. The Bertz CT molecular complexity index is 1920. The van der Waals surface area contributed by atoms with Crippen molar-refractivity contribution in [3.63, 3.8) is 0 Å². The van der Waals surface area contributed by atoms with Crippen molar-refractivity contribution in [1.82, 2.24) is 19.2 Å². The van der Waals surface area contributed by atoms with Crippen LogP contribution in [0.15, 0.2) is 46.0 Å². The second-order valence-corrected chi connectivity index (χ2v) is 13.5. The molecular weight excluding hydrogens is 699 g/mol. The molecule has 1 aliphatic heterocycles. The van der Waals surface area contributed by atoms with Crippen molar-refractivity contribution in [1.29, 1.82) is 0 Å². The summed E-state index contributed by atoms with van der Waals surface area (Å²) in [5.74, 6) is -3.86. The average molecular weight is 738 g/mol. The number of hydrogen-bond acceptors (Lipinski definition) is 15. The van der Waals surface area contributed by atoms with Crippen molar-refractivity contribution in [3.8, 4) is 17.0 Å². The highest BCUT2D eigenvalue weighted by molar-refractivity contribution is 7.80. The van der Waals surface area contributed by atoms with Gasteiger partial charge < -0.3 is 41.0 Å². The summed E-state index contributed by atoms with van der Waals surface area (Å²) in [7, 11) is -3.11. The molecule has 19 nitrogen and oxygen atoms in total. The lowest BCUT2D eigenvalue weighted by Crippen LogP contribution is -2.68. The molecule has 0 saturated carbocycles. The van der Waals surface area contributed by atoms with Crippen molar-refractivity contribution < 1.29 is 46.3 Å². The predicted molar refractivity (Wildman–Crippen MR) is 180 cm³/mol. The molecular formula is C29H39N9O10S2. The Balaban J connectivity index is 1.48. The van der Waals surface area contributed by atoms with E-state index >= 15 is 0 Å². The van der Waals surface area contributed by atoms with E-state index in [1.165, 1.54) is 19.2 Å². The van der Waals surface area contributed by atoms with Gasteiger partial charge in [-0.15, -0.1) is 15.6 Å². The minimum absolute atomic E-state index is 0.0298. The number of anilines is 1. The standard InChI is InChI=1S/C29H39N9O10S2/c1-29(2)19(25(40)38(29)48-50(43,44)45)13-22(39)24(20-16-49-27(32)34-20)35-47-23(26(41)42)15-46-18-7-5-17(6-8-18)21-14-37(12-4-9-30)28(36(21)3)33-11-10-31/h5-8,14,16,19,23H,4,9-13,15,30-31H2,1-3H3,(H2,32,34)(H,41,42)(H,43,44,45)/b33-28?,35-24-. The minimum atomic E-state index is -5.00. The highest BCUT2D eigenvalue weighted by Gasteiger charge is 2.57. The molecule has 1 fully saturated rings. The van der Waals surface area contributed by atoms with Crippen molar-refractivity contribution in [2.45, 2.75) is 44.9 Å². The molecule has 0 aliphatic carbocycles. The zero-order valence-electron chi connectivity index (χ0n) is 27.5. The van der Waals surface area contributed by atoms with Crippen LogP contribution < -0.4 is 27.6 Å². The lowest BCUT2D eigenvalue weighted by Gasteiger charge is -2.50. The Labute approximate surface area is 290 Å². The molecule has 4 rings (SSSR count). The fraction of sp³-hybridized carbons (Fsp3) is 0.448. The fourth-order valence-electron chi connectivity index (χ4n) is 5.09. The van der Waals surface area contributed by atoms with E-state index in [0.717, 1.165) is 34.6 Å². The maximum atomic E-state index is 13.4. The van der Waals surface area contributed by atoms with E-state index in [4.69, 9.17) is 31.3 Å². The van der Waals surface area contributed by atoms with Gasteiger partial charge in [-0.25, -0.2) is 9.78 Å². The van der Waals surface area contributed by atoms with E-state index in [0.29, 0.717) is 37.0 Å². The lowest BCUT2D eigenvalue weighted by atomic mass is 9.74. The molecule has 1 saturated heterocycles. The Hall–Kier alpha value is -4.67. The molecule has 2 atom stereocenters. The summed E-state index contributed by atoms with van der Waals surface area (Å²) >= 11 is 0.982. The Morgan fingerprint density at radius 2 is 1.88 bits per heavy atom. The molecule has 3 heterocycles. The van der Waals surface area contributed by atoms with Gasteiger partial charge in [0.05, 0.1) is 23.7 Å². The number of ketones is 1. The monoisotopic (exact) mass is 737 g/mol. The largest absolute Gasteiger partial charge is 0.489 e. The number of carboxylic acid groups (broad SMARTS) is 1. The first-order valence-electron chi connectivity index (χ1n) is 15.2. The number of nitrogen functional groups attached to an aromatic ring is 1. The van der Waals surface area contributed by atoms with Gasteiger partial charge >= 0.3 is 16.4 Å². The van der Waals surface area contributed by atoms with Crippen LogP contribution in [-0.2, 0) is 47.5 Å². The first-order valence-corrected chi connectivity index (χ1v) is 17.4. The van der Waals surface area contributed by atoms with Crippen LogP contribution in [0.2, 0.25) is 0 Å². The van der Waals surface area contributed by atoms with Gasteiger partial charge in [-0.3, -0.25) is 19.1 Å². The number of hydroxylamine groups is 2. The SMILES string of the molecule is Cn1c(-c2ccc(OCC(O/N=C(\C(=O)CC3C(=O)N(OS(=O)(=O)O)C3(C)C)c3csc(N)n3)C(=O)O)cc2)cn(CCCN)c1=NCCN. The molecule has 21 heteroatoms. The van der Waals surface area contributed by atoms with E-state index in [9.17, 15) is 27.9 Å². The quantitative estimate of drug-likeness (QED) is 0.0494. The second-order valence-electron chi connectivity index (χ2n) is 11.6. The van der Waals surface area contributed by atoms with Gasteiger partial charge in [0, 0.05) is 38.1 Å². The van der Waals surface area contributed by atoms with Crippen LogP contribution in [-0.4, -0.2) is 98.5 Å². The Morgan fingerprint density at radius 1 is 1.18 bits per heavy atom. The minimum Gasteiger partial charge on any atom is -0.489 e. The third kappa shape index (κ3) is 8.91.